The Hall–Kier alpha value is -2.75. The fourth-order valence-electron chi connectivity index (χ4n) is 3.09. The minimum Gasteiger partial charge on any atom is -0.379 e. The number of hydrogen-bond acceptors (Lipinski definition) is 5. The summed E-state index contributed by atoms with van der Waals surface area (Å²) in [6.07, 6.45) is 1.68. The molecule has 0 saturated carbocycles. The fraction of sp³-hybridized carbons (Fsp3) is 0.333. The van der Waals surface area contributed by atoms with Crippen LogP contribution in [0.2, 0.25) is 0 Å². The number of amides is 2. The van der Waals surface area contributed by atoms with E-state index in [1.165, 1.54) is 28.6 Å². The number of nitrogens with zero attached hydrogens (tertiary/aromatic N) is 1. The Morgan fingerprint density at radius 3 is 2.43 bits per heavy atom. The molecule has 1 aliphatic rings. The summed E-state index contributed by atoms with van der Waals surface area (Å²) in [6, 6.07) is 15.6. The van der Waals surface area contributed by atoms with Crippen molar-refractivity contribution in [2.45, 2.75) is 24.2 Å². The van der Waals surface area contributed by atoms with E-state index in [4.69, 9.17) is 4.74 Å². The number of nitrogens with one attached hydrogen (secondary N) is 2. The maximum absolute atomic E-state index is 12.7. The highest BCUT2D eigenvalue weighted by Gasteiger charge is 2.26. The average molecular weight is 432 g/mol. The van der Waals surface area contributed by atoms with Crippen molar-refractivity contribution in [2.75, 3.05) is 26.3 Å². The normalized spacial score (nSPS) is 14.8. The molecule has 0 bridgehead atoms. The highest BCUT2D eigenvalue weighted by atomic mass is 32.2. The van der Waals surface area contributed by atoms with Gasteiger partial charge in [-0.1, -0.05) is 36.4 Å². The molecule has 2 N–H and O–H groups in total. The van der Waals surface area contributed by atoms with Crippen molar-refractivity contribution >= 4 is 21.8 Å². The van der Waals surface area contributed by atoms with Crippen molar-refractivity contribution in [3.63, 3.8) is 0 Å². The van der Waals surface area contributed by atoms with Crippen molar-refractivity contribution < 1.29 is 22.7 Å². The van der Waals surface area contributed by atoms with Gasteiger partial charge in [-0.2, -0.15) is 4.31 Å². The van der Waals surface area contributed by atoms with Gasteiger partial charge >= 0.3 is 0 Å². The van der Waals surface area contributed by atoms with Crippen molar-refractivity contribution in [1.29, 1.82) is 0 Å². The van der Waals surface area contributed by atoms with Crippen molar-refractivity contribution in [2.24, 2.45) is 0 Å². The minimum atomic E-state index is -3.70. The Morgan fingerprint density at radius 1 is 0.967 bits per heavy atom. The van der Waals surface area contributed by atoms with Gasteiger partial charge in [-0.15, -0.1) is 0 Å². The van der Waals surface area contributed by atoms with Crippen LogP contribution in [-0.4, -0.2) is 50.8 Å². The number of ether oxygens (including phenoxy) is 1. The lowest BCUT2D eigenvalue weighted by Gasteiger charge is -2.26. The minimum absolute atomic E-state index is 0.0336. The first-order chi connectivity index (χ1) is 14.5. The molecule has 2 aromatic rings. The number of aryl methyl sites for hydroxylation is 1. The largest absolute Gasteiger partial charge is 0.379 e. The smallest absolute Gasteiger partial charge is 0.269 e. The first kappa shape index (κ1) is 21.9. The number of carbonyl (C=O) groups is 2. The lowest BCUT2D eigenvalue weighted by Crippen LogP contribution is -2.42. The number of hydrazine groups is 1. The summed E-state index contributed by atoms with van der Waals surface area (Å²) in [6.45, 7) is 1.24. The number of carbonyl (C=O) groups excluding carboxylic acids is 2. The van der Waals surface area contributed by atoms with Crippen LogP contribution >= 0.6 is 0 Å². The fourth-order valence-corrected chi connectivity index (χ4v) is 4.55. The average Bonchev–Trinajstić information content (AvgIpc) is 2.79. The first-order valence-electron chi connectivity index (χ1n) is 9.78. The predicted molar refractivity (Wildman–Crippen MR) is 111 cm³/mol. The van der Waals surface area contributed by atoms with Crippen LogP contribution in [0.3, 0.4) is 0 Å². The van der Waals surface area contributed by atoms with Gasteiger partial charge in [0.15, 0.2) is 0 Å². The third-order valence-corrected chi connectivity index (χ3v) is 6.63. The number of hydrogen-bond donors (Lipinski definition) is 2. The molecule has 0 aliphatic carbocycles. The van der Waals surface area contributed by atoms with Gasteiger partial charge in [-0.05, 0) is 36.6 Å². The van der Waals surface area contributed by atoms with Crippen molar-refractivity contribution in [1.82, 2.24) is 15.2 Å². The Balaban J connectivity index is 1.51. The van der Waals surface area contributed by atoms with Gasteiger partial charge in [0.05, 0.1) is 18.1 Å². The Labute approximate surface area is 176 Å². The molecule has 1 saturated heterocycles. The molecule has 0 aromatic heterocycles. The number of morpholine rings is 1. The molecule has 0 unspecified atom stereocenters. The standard InChI is InChI=1S/C21H25N3O5S/c25-20(11-4-8-17-6-2-1-3-7-17)22-23-21(26)18-9-5-10-19(16-18)30(27,28)24-12-14-29-15-13-24/h1-3,5-7,9-10,16H,4,8,11-15H2,(H,22,25)(H,23,26). The van der Waals surface area contributed by atoms with Gasteiger partial charge < -0.3 is 4.74 Å². The van der Waals surface area contributed by atoms with Gasteiger partial charge in [0.1, 0.15) is 0 Å². The summed E-state index contributed by atoms with van der Waals surface area (Å²) in [5.41, 5.74) is 6.01. The second kappa shape index (κ2) is 10.3. The number of sulfonamides is 1. The first-order valence-corrected chi connectivity index (χ1v) is 11.2. The molecule has 30 heavy (non-hydrogen) atoms. The summed E-state index contributed by atoms with van der Waals surface area (Å²) in [5, 5.41) is 0. The summed E-state index contributed by atoms with van der Waals surface area (Å²) in [7, 11) is -3.70. The molecule has 0 radical (unpaired) electrons. The Morgan fingerprint density at radius 2 is 1.70 bits per heavy atom. The second-order valence-corrected chi connectivity index (χ2v) is 8.82. The molecule has 0 spiro atoms. The molecule has 0 atom stereocenters. The van der Waals surface area contributed by atoms with Crippen LogP contribution in [0.15, 0.2) is 59.5 Å². The maximum atomic E-state index is 12.7. The molecule has 2 amide bonds. The molecule has 160 valence electrons. The third-order valence-electron chi connectivity index (χ3n) is 4.73. The molecule has 1 fully saturated rings. The SMILES string of the molecule is O=C(CCCc1ccccc1)NNC(=O)c1cccc(S(=O)(=O)N2CCOCC2)c1. The molecule has 1 aliphatic heterocycles. The van der Waals surface area contributed by atoms with E-state index in [0.717, 1.165) is 12.0 Å². The monoisotopic (exact) mass is 431 g/mol. The van der Waals surface area contributed by atoms with E-state index in [2.05, 4.69) is 10.9 Å². The lowest BCUT2D eigenvalue weighted by atomic mass is 10.1. The van der Waals surface area contributed by atoms with E-state index in [1.807, 2.05) is 30.3 Å². The van der Waals surface area contributed by atoms with Crippen molar-refractivity contribution in [3.8, 4) is 0 Å². The van der Waals surface area contributed by atoms with Crippen LogP contribution in [0, 0.1) is 0 Å². The van der Waals surface area contributed by atoms with E-state index in [0.29, 0.717) is 19.6 Å². The highest BCUT2D eigenvalue weighted by molar-refractivity contribution is 7.89. The molecule has 1 heterocycles. The molecule has 9 heteroatoms. The molecular formula is C21H25N3O5S. The van der Waals surface area contributed by atoms with Crippen LogP contribution < -0.4 is 10.9 Å². The summed E-state index contributed by atoms with van der Waals surface area (Å²) in [5.74, 6) is -0.887. The molecular weight excluding hydrogens is 406 g/mol. The van der Waals surface area contributed by atoms with Crippen LogP contribution in [0.4, 0.5) is 0 Å². The quantitative estimate of drug-likeness (QED) is 0.647. The summed E-state index contributed by atoms with van der Waals surface area (Å²) in [4.78, 5) is 24.3. The highest BCUT2D eigenvalue weighted by Crippen LogP contribution is 2.18. The molecule has 3 rings (SSSR count). The Bertz CT molecular complexity index is 973. The van der Waals surface area contributed by atoms with Gasteiger partial charge in [-0.25, -0.2) is 8.42 Å². The van der Waals surface area contributed by atoms with Crippen LogP contribution in [0.25, 0.3) is 0 Å². The number of rotatable bonds is 7. The van der Waals surface area contributed by atoms with Crippen LogP contribution in [0.5, 0.6) is 0 Å². The molecule has 2 aromatic carbocycles. The van der Waals surface area contributed by atoms with E-state index in [9.17, 15) is 18.0 Å². The zero-order chi connectivity index (χ0) is 21.4. The second-order valence-electron chi connectivity index (χ2n) is 6.89. The summed E-state index contributed by atoms with van der Waals surface area (Å²) < 4.78 is 32.0. The van der Waals surface area contributed by atoms with Gasteiger partial charge in [0.2, 0.25) is 15.9 Å². The third kappa shape index (κ3) is 5.88. The molecule has 8 nitrogen and oxygen atoms in total. The predicted octanol–water partition coefficient (Wildman–Crippen LogP) is 1.49. The Kier molecular flexibility index (Phi) is 7.56. The van der Waals surface area contributed by atoms with Crippen LogP contribution in [0.1, 0.15) is 28.8 Å². The summed E-state index contributed by atoms with van der Waals surface area (Å²) >= 11 is 0. The topological polar surface area (TPSA) is 105 Å². The van der Waals surface area contributed by atoms with E-state index in [1.54, 1.807) is 0 Å². The van der Waals surface area contributed by atoms with Crippen LogP contribution in [-0.2, 0) is 26.0 Å². The lowest BCUT2D eigenvalue weighted by molar-refractivity contribution is -0.121. The zero-order valence-corrected chi connectivity index (χ0v) is 17.4. The van der Waals surface area contributed by atoms with Gasteiger partial charge in [0.25, 0.3) is 5.91 Å². The van der Waals surface area contributed by atoms with Gasteiger partial charge in [-0.3, -0.25) is 20.4 Å². The number of benzene rings is 2. The van der Waals surface area contributed by atoms with E-state index >= 15 is 0 Å². The van der Waals surface area contributed by atoms with Crippen molar-refractivity contribution in [3.05, 3.63) is 65.7 Å². The van der Waals surface area contributed by atoms with E-state index < -0.39 is 15.9 Å². The van der Waals surface area contributed by atoms with Gasteiger partial charge in [0, 0.05) is 25.1 Å². The van der Waals surface area contributed by atoms with E-state index in [-0.39, 0.29) is 35.9 Å². The maximum Gasteiger partial charge on any atom is 0.269 e. The zero-order valence-electron chi connectivity index (χ0n) is 16.5.